The van der Waals surface area contributed by atoms with Crippen LogP contribution in [0.4, 0.5) is 0 Å². The first kappa shape index (κ1) is 23.9. The summed E-state index contributed by atoms with van der Waals surface area (Å²) in [4.78, 5) is 41.0. The highest BCUT2D eigenvalue weighted by Crippen LogP contribution is 2.60. The van der Waals surface area contributed by atoms with Crippen molar-refractivity contribution in [2.45, 2.75) is 71.6 Å². The largest absolute Gasteiger partial charge is 0.377 e. The van der Waals surface area contributed by atoms with E-state index in [-0.39, 0.29) is 41.5 Å². The van der Waals surface area contributed by atoms with Gasteiger partial charge in [0, 0.05) is 41.6 Å². The van der Waals surface area contributed by atoms with E-state index in [1.807, 2.05) is 35.6 Å². The Morgan fingerprint density at radius 3 is 2.83 bits per heavy atom. The third-order valence-corrected chi connectivity index (χ3v) is 7.88. The lowest BCUT2D eigenvalue weighted by Gasteiger charge is -2.27. The molecule has 2 bridgehead atoms. The molecule has 3 heterocycles. The zero-order valence-corrected chi connectivity index (χ0v) is 20.9. The number of benzene rings is 1. The number of hydrogen-bond acceptors (Lipinski definition) is 5. The minimum atomic E-state index is -0.387. The number of nitrogens with zero attached hydrogens (tertiary/aromatic N) is 2. The lowest BCUT2D eigenvalue weighted by Crippen LogP contribution is -2.44. The lowest BCUT2D eigenvalue weighted by atomic mass is 9.97. The Hall–Kier alpha value is -2.77. The fourth-order valence-electron chi connectivity index (χ4n) is 6.09. The third-order valence-electron chi connectivity index (χ3n) is 7.88. The number of Topliss-reactive ketones (excluding diaryl/α,β-unsaturated/α-hetero) is 2. The van der Waals surface area contributed by atoms with E-state index in [1.54, 1.807) is 6.92 Å². The predicted octanol–water partition coefficient (Wildman–Crippen LogP) is 3.56. The van der Waals surface area contributed by atoms with Gasteiger partial charge < -0.3 is 19.5 Å². The Morgan fingerprint density at radius 1 is 1.23 bits per heavy atom. The highest BCUT2D eigenvalue weighted by molar-refractivity contribution is 6.08. The number of aryl methyl sites for hydroxylation is 1. The van der Waals surface area contributed by atoms with Crippen LogP contribution in [0.1, 0.15) is 61.0 Å². The van der Waals surface area contributed by atoms with Crippen LogP contribution in [0.25, 0.3) is 10.9 Å². The van der Waals surface area contributed by atoms with Crippen LogP contribution < -0.4 is 5.32 Å². The summed E-state index contributed by atoms with van der Waals surface area (Å²) in [6.45, 7) is 8.17. The minimum Gasteiger partial charge on any atom is -0.377 e. The van der Waals surface area contributed by atoms with E-state index in [0.717, 1.165) is 41.4 Å². The molecule has 1 aliphatic carbocycles. The molecule has 2 aromatic rings. The molecule has 0 radical (unpaired) electrons. The van der Waals surface area contributed by atoms with Gasteiger partial charge in [0.2, 0.25) is 5.91 Å². The quantitative estimate of drug-likeness (QED) is 0.540. The van der Waals surface area contributed by atoms with Gasteiger partial charge in [0.05, 0.1) is 24.8 Å². The fourth-order valence-corrected chi connectivity index (χ4v) is 6.09. The molecule has 3 aliphatic rings. The second kappa shape index (κ2) is 9.36. The van der Waals surface area contributed by atoms with E-state index in [0.29, 0.717) is 38.2 Å². The zero-order chi connectivity index (χ0) is 24.7. The Morgan fingerprint density at radius 2 is 2.06 bits per heavy atom. The van der Waals surface area contributed by atoms with Crippen molar-refractivity contribution in [2.75, 3.05) is 19.8 Å². The molecule has 7 nitrogen and oxygen atoms in total. The van der Waals surface area contributed by atoms with Gasteiger partial charge in [0.25, 0.3) is 0 Å². The van der Waals surface area contributed by atoms with Crippen LogP contribution in [0, 0.1) is 12.3 Å². The van der Waals surface area contributed by atoms with E-state index >= 15 is 0 Å². The van der Waals surface area contributed by atoms with Crippen molar-refractivity contribution in [3.63, 3.8) is 0 Å². The van der Waals surface area contributed by atoms with Gasteiger partial charge in [0.15, 0.2) is 11.6 Å². The summed E-state index contributed by atoms with van der Waals surface area (Å²) in [7, 11) is 0. The summed E-state index contributed by atoms with van der Waals surface area (Å²) in [6, 6.07) is 3.82. The van der Waals surface area contributed by atoms with Gasteiger partial charge in [-0.2, -0.15) is 0 Å². The molecule has 1 saturated carbocycles. The van der Waals surface area contributed by atoms with Crippen molar-refractivity contribution in [1.82, 2.24) is 14.8 Å². The molecule has 35 heavy (non-hydrogen) atoms. The molecular weight excluding hydrogens is 442 g/mol. The lowest BCUT2D eigenvalue weighted by molar-refractivity contribution is -0.139. The second-order valence-electron chi connectivity index (χ2n) is 10.4. The summed E-state index contributed by atoms with van der Waals surface area (Å²) in [5.41, 5.74) is 3.59. The molecule has 1 amide bonds. The molecular formula is C28H35N3O4. The number of rotatable bonds is 3. The van der Waals surface area contributed by atoms with Crippen molar-refractivity contribution >= 4 is 28.4 Å². The Bertz CT molecular complexity index is 1210. The molecule has 1 aromatic carbocycles. The summed E-state index contributed by atoms with van der Waals surface area (Å²) in [5, 5.41) is 4.38. The van der Waals surface area contributed by atoms with Gasteiger partial charge in [-0.1, -0.05) is 30.7 Å². The highest BCUT2D eigenvalue weighted by atomic mass is 16.5. The summed E-state index contributed by atoms with van der Waals surface area (Å²) < 4.78 is 7.90. The molecule has 2 aliphatic heterocycles. The molecule has 0 spiro atoms. The van der Waals surface area contributed by atoms with Crippen molar-refractivity contribution in [1.29, 1.82) is 0 Å². The van der Waals surface area contributed by atoms with Crippen LogP contribution in [0.15, 0.2) is 30.5 Å². The normalized spacial score (nSPS) is 28.0. The van der Waals surface area contributed by atoms with Crippen LogP contribution >= 0.6 is 0 Å². The summed E-state index contributed by atoms with van der Waals surface area (Å²) >= 11 is 0. The Labute approximate surface area is 206 Å². The molecule has 186 valence electrons. The number of carbonyl (C=O) groups excluding carboxylic acids is 3. The number of amides is 1. The van der Waals surface area contributed by atoms with Gasteiger partial charge in [-0.15, -0.1) is 0 Å². The van der Waals surface area contributed by atoms with Crippen LogP contribution in [-0.2, 0) is 27.4 Å². The number of nitrogens with one attached hydrogen (secondary N) is 1. The van der Waals surface area contributed by atoms with Crippen LogP contribution in [0.2, 0.25) is 0 Å². The molecule has 7 heteroatoms. The Balaban J connectivity index is 1.57. The van der Waals surface area contributed by atoms with E-state index in [2.05, 4.69) is 23.5 Å². The monoisotopic (exact) mass is 477 g/mol. The van der Waals surface area contributed by atoms with Crippen LogP contribution in [-0.4, -0.2) is 58.8 Å². The topological polar surface area (TPSA) is 80.6 Å². The van der Waals surface area contributed by atoms with Gasteiger partial charge >= 0.3 is 0 Å². The average Bonchev–Trinajstić information content (AvgIpc) is 3.23. The maximum atomic E-state index is 13.8. The van der Waals surface area contributed by atoms with Crippen LogP contribution in [0.5, 0.6) is 0 Å². The summed E-state index contributed by atoms with van der Waals surface area (Å²) in [6.07, 6.45) is 8.87. The number of ketones is 2. The third kappa shape index (κ3) is 4.36. The maximum Gasteiger partial charge on any atom is 0.243 e. The van der Waals surface area contributed by atoms with Crippen molar-refractivity contribution in [2.24, 2.45) is 5.41 Å². The maximum absolute atomic E-state index is 13.8. The first-order chi connectivity index (χ1) is 16.8. The van der Waals surface area contributed by atoms with Crippen molar-refractivity contribution in [3.8, 4) is 0 Å². The number of hydrogen-bond donors (Lipinski definition) is 1. The second-order valence-corrected chi connectivity index (χ2v) is 10.4. The predicted molar refractivity (Wildman–Crippen MR) is 134 cm³/mol. The minimum absolute atomic E-state index is 0.0171. The molecule has 1 saturated heterocycles. The van der Waals surface area contributed by atoms with Gasteiger partial charge in [-0.3, -0.25) is 14.4 Å². The first-order valence-corrected chi connectivity index (χ1v) is 12.8. The number of carbonyl (C=O) groups is 3. The van der Waals surface area contributed by atoms with E-state index in [1.165, 1.54) is 0 Å². The number of piperidine rings is 1. The fraction of sp³-hybridized carbons (Fsp3) is 0.536. The molecule has 1 aromatic heterocycles. The van der Waals surface area contributed by atoms with Crippen LogP contribution in [0.3, 0.4) is 0 Å². The summed E-state index contributed by atoms with van der Waals surface area (Å²) in [5.74, 6) is 0.0370. The van der Waals surface area contributed by atoms with Gasteiger partial charge in [-0.05, 0) is 51.3 Å². The van der Waals surface area contributed by atoms with Crippen molar-refractivity contribution in [3.05, 3.63) is 47.2 Å². The SMILES string of the molecule is CCC(=O)[C@@H]1C[C@]23COC/C=C\CCNCc4cc(C)cc5c(C(C)=O)cn(c45)CC(=O)N1[C@@H]2C3. The number of ether oxygens (including phenoxy) is 1. The molecule has 2 fully saturated rings. The smallest absolute Gasteiger partial charge is 0.243 e. The molecule has 3 atom stereocenters. The van der Waals surface area contributed by atoms with Gasteiger partial charge in [0.1, 0.15) is 6.54 Å². The molecule has 1 N–H and O–H groups in total. The van der Waals surface area contributed by atoms with Gasteiger partial charge in [-0.25, -0.2) is 0 Å². The Kier molecular flexibility index (Phi) is 6.40. The first-order valence-electron chi connectivity index (χ1n) is 12.8. The van der Waals surface area contributed by atoms with E-state index < -0.39 is 0 Å². The number of aromatic nitrogens is 1. The highest BCUT2D eigenvalue weighted by Gasteiger charge is 2.66. The molecule has 5 rings (SSSR count). The van der Waals surface area contributed by atoms with Crippen molar-refractivity contribution < 1.29 is 19.1 Å². The van der Waals surface area contributed by atoms with E-state index in [4.69, 9.17) is 4.74 Å². The average molecular weight is 478 g/mol. The molecule has 0 unspecified atom stereocenters. The van der Waals surface area contributed by atoms with E-state index in [9.17, 15) is 14.4 Å². The zero-order valence-electron chi connectivity index (χ0n) is 20.9. The standard InChI is InChI=1S/C28H35N3O4/c1-4-24(33)23-12-28-13-25(28)31(23)26(34)16-30-15-22(19(3)32)21-11-18(2)10-20(27(21)30)14-29-8-6-5-7-9-35-17-28/h5,7,10-11,15,23,25,29H,4,6,8-9,12-14,16-17H2,1-3H3/b7-5-/t23-,25+,28-/m0/s1.